The number of alkyl halides is 3. The van der Waals surface area contributed by atoms with Crippen molar-refractivity contribution in [1.82, 2.24) is 14.9 Å². The maximum absolute atomic E-state index is 13.6. The highest BCUT2D eigenvalue weighted by Crippen LogP contribution is 2.28. The Kier molecular flexibility index (Phi) is 9.53. The molecule has 0 radical (unpaired) electrons. The van der Waals surface area contributed by atoms with Crippen LogP contribution in [0.4, 0.5) is 22.0 Å². The summed E-state index contributed by atoms with van der Waals surface area (Å²) >= 11 is 0. The van der Waals surface area contributed by atoms with Crippen LogP contribution >= 0.6 is 24.0 Å². The fraction of sp³-hybridized carbons (Fsp3) is 0.562. The molecule has 1 aliphatic heterocycles. The second kappa shape index (κ2) is 10.7. The number of hydrogen-bond acceptors (Lipinski definition) is 3. The minimum atomic E-state index is -5.32. The first-order valence-electron chi connectivity index (χ1n) is 8.52. The monoisotopic (exact) mass is 556 g/mol. The van der Waals surface area contributed by atoms with Gasteiger partial charge in [0, 0.05) is 32.7 Å². The predicted molar refractivity (Wildman–Crippen MR) is 110 cm³/mol. The number of benzene rings is 1. The largest absolute Gasteiger partial charge is 0.511 e. The van der Waals surface area contributed by atoms with Gasteiger partial charge < -0.3 is 10.6 Å². The van der Waals surface area contributed by atoms with E-state index in [1.165, 1.54) is 7.05 Å². The molecule has 13 heteroatoms. The molecule has 1 saturated heterocycles. The molecule has 0 atom stereocenters. The fourth-order valence-electron chi connectivity index (χ4n) is 2.83. The van der Waals surface area contributed by atoms with E-state index in [4.69, 9.17) is 0 Å². The summed E-state index contributed by atoms with van der Waals surface area (Å²) in [5, 5.41) is 5.91. The molecule has 0 aliphatic carbocycles. The Labute approximate surface area is 183 Å². The van der Waals surface area contributed by atoms with E-state index in [1.54, 1.807) is 0 Å². The molecule has 1 aromatic carbocycles. The van der Waals surface area contributed by atoms with Gasteiger partial charge in [0.05, 0.1) is 0 Å². The van der Waals surface area contributed by atoms with Gasteiger partial charge in [-0.3, -0.25) is 4.99 Å². The summed E-state index contributed by atoms with van der Waals surface area (Å²) in [5.41, 5.74) is -5.11. The highest BCUT2D eigenvalue weighted by molar-refractivity contribution is 14.0. The van der Waals surface area contributed by atoms with Gasteiger partial charge in [0.2, 0.25) is 0 Å². The number of guanidine groups is 1. The van der Waals surface area contributed by atoms with Crippen molar-refractivity contribution in [3.63, 3.8) is 0 Å². The smallest absolute Gasteiger partial charge is 0.356 e. The van der Waals surface area contributed by atoms with Crippen LogP contribution in [0.5, 0.6) is 0 Å². The topological polar surface area (TPSA) is 73.8 Å². The molecule has 0 aromatic heterocycles. The lowest BCUT2D eigenvalue weighted by molar-refractivity contribution is -0.0494. The zero-order valence-electron chi connectivity index (χ0n) is 15.5. The van der Waals surface area contributed by atoms with Gasteiger partial charge in [-0.1, -0.05) is 0 Å². The molecule has 0 saturated carbocycles. The molecule has 2 rings (SSSR count). The number of piperidine rings is 1. The fourth-order valence-corrected chi connectivity index (χ4v) is 3.81. The van der Waals surface area contributed by atoms with Gasteiger partial charge in [0.25, 0.3) is 0 Å². The molecule has 0 spiro atoms. The Morgan fingerprint density at radius 3 is 2.41 bits per heavy atom. The molecule has 0 bridgehead atoms. The number of hydrogen-bond donors (Lipinski definition) is 2. The van der Waals surface area contributed by atoms with E-state index >= 15 is 0 Å². The van der Waals surface area contributed by atoms with Crippen molar-refractivity contribution in [2.45, 2.75) is 30.8 Å². The van der Waals surface area contributed by atoms with Crippen LogP contribution < -0.4 is 10.6 Å². The average Bonchev–Trinajstić information content (AvgIpc) is 2.63. The van der Waals surface area contributed by atoms with Crippen molar-refractivity contribution >= 4 is 40.0 Å². The Morgan fingerprint density at radius 2 is 1.86 bits per heavy atom. The summed E-state index contributed by atoms with van der Waals surface area (Å²) in [7, 11) is -3.83. The third-order valence-corrected chi connectivity index (χ3v) is 5.98. The quantitative estimate of drug-likeness (QED) is 0.253. The molecule has 1 heterocycles. The van der Waals surface area contributed by atoms with Crippen molar-refractivity contribution in [2.24, 2.45) is 4.99 Å². The van der Waals surface area contributed by atoms with Gasteiger partial charge >= 0.3 is 15.5 Å². The average molecular weight is 556 g/mol. The number of rotatable bonds is 5. The maximum Gasteiger partial charge on any atom is 0.511 e. The van der Waals surface area contributed by atoms with Crippen LogP contribution in [0.1, 0.15) is 18.4 Å². The Bertz CT molecular complexity index is 812. The molecule has 0 unspecified atom stereocenters. The Hall–Kier alpha value is -1.22. The van der Waals surface area contributed by atoms with Crippen molar-refractivity contribution in [1.29, 1.82) is 0 Å². The molecule has 1 aromatic rings. The Morgan fingerprint density at radius 1 is 1.24 bits per heavy atom. The van der Waals surface area contributed by atoms with Crippen molar-refractivity contribution in [2.75, 3.05) is 26.7 Å². The summed E-state index contributed by atoms with van der Waals surface area (Å²) in [4.78, 5) is 3.98. The van der Waals surface area contributed by atoms with E-state index in [0.29, 0.717) is 10.3 Å². The molecule has 1 fully saturated rings. The first-order chi connectivity index (χ1) is 13.0. The summed E-state index contributed by atoms with van der Waals surface area (Å²) in [6, 6.07) is 2.90. The van der Waals surface area contributed by atoms with Gasteiger partial charge in [-0.2, -0.15) is 17.5 Å². The minimum absolute atomic E-state index is 0. The van der Waals surface area contributed by atoms with Gasteiger partial charge in [0.15, 0.2) is 5.96 Å². The van der Waals surface area contributed by atoms with E-state index in [2.05, 4.69) is 15.6 Å². The molecule has 29 heavy (non-hydrogen) atoms. The first-order valence-corrected chi connectivity index (χ1v) is 9.96. The number of aliphatic imine (C=N–C) groups is 1. The molecule has 6 nitrogen and oxygen atoms in total. The van der Waals surface area contributed by atoms with E-state index in [9.17, 15) is 30.4 Å². The predicted octanol–water partition coefficient (Wildman–Crippen LogP) is 2.60. The van der Waals surface area contributed by atoms with Gasteiger partial charge in [0.1, 0.15) is 11.6 Å². The molecule has 166 valence electrons. The lowest BCUT2D eigenvalue weighted by atomic mass is 10.1. The second-order valence-corrected chi connectivity index (χ2v) is 8.18. The van der Waals surface area contributed by atoms with Crippen LogP contribution in [0.3, 0.4) is 0 Å². The molecule has 2 N–H and O–H groups in total. The van der Waals surface area contributed by atoms with E-state index in [-0.39, 0.29) is 74.5 Å². The lowest BCUT2D eigenvalue weighted by Crippen LogP contribution is -2.51. The number of sulfonamides is 1. The molecule has 1 aliphatic rings. The van der Waals surface area contributed by atoms with Gasteiger partial charge in [-0.15, -0.1) is 24.0 Å². The van der Waals surface area contributed by atoms with Crippen LogP contribution in [0.25, 0.3) is 0 Å². The van der Waals surface area contributed by atoms with Crippen LogP contribution in [0.15, 0.2) is 23.2 Å². The van der Waals surface area contributed by atoms with Crippen molar-refractivity contribution < 1.29 is 30.4 Å². The van der Waals surface area contributed by atoms with E-state index in [1.807, 2.05) is 0 Å². The minimum Gasteiger partial charge on any atom is -0.356 e. The highest BCUT2D eigenvalue weighted by atomic mass is 127. The maximum atomic E-state index is 13.6. The number of nitrogens with zero attached hydrogens (tertiary/aromatic N) is 2. The van der Waals surface area contributed by atoms with Crippen LogP contribution in [-0.4, -0.2) is 56.9 Å². The van der Waals surface area contributed by atoms with Crippen LogP contribution in [-0.2, 0) is 16.4 Å². The summed E-state index contributed by atoms with van der Waals surface area (Å²) < 4.78 is 87.8. The summed E-state index contributed by atoms with van der Waals surface area (Å²) in [6.07, 6.45) is 0.551. The van der Waals surface area contributed by atoms with Crippen LogP contribution in [0, 0.1) is 11.6 Å². The number of halogens is 6. The zero-order chi connectivity index (χ0) is 20.9. The second-order valence-electron chi connectivity index (χ2n) is 6.25. The van der Waals surface area contributed by atoms with Gasteiger partial charge in [-0.05, 0) is 43.0 Å². The van der Waals surface area contributed by atoms with E-state index in [0.717, 1.165) is 18.2 Å². The highest BCUT2D eigenvalue weighted by Gasteiger charge is 2.50. The van der Waals surface area contributed by atoms with E-state index < -0.39 is 27.2 Å². The van der Waals surface area contributed by atoms with Gasteiger partial charge in [-0.25, -0.2) is 17.2 Å². The third-order valence-electron chi connectivity index (χ3n) is 4.35. The lowest BCUT2D eigenvalue weighted by Gasteiger charge is -2.32. The number of nitrogens with one attached hydrogen (secondary N) is 2. The normalized spacial score (nSPS) is 17.0. The Balaban J connectivity index is 0.00000420. The third kappa shape index (κ3) is 6.91. The molecular weight excluding hydrogens is 534 g/mol. The summed E-state index contributed by atoms with van der Waals surface area (Å²) in [5.74, 6) is -0.724. The van der Waals surface area contributed by atoms with Crippen molar-refractivity contribution in [3.05, 3.63) is 35.4 Å². The zero-order valence-corrected chi connectivity index (χ0v) is 18.6. The molecular formula is C16H22F5IN4O2S. The standard InChI is InChI=1S/C16H21F5N4O2S.HI/c1-22-15(23-7-4-11-10-12(17)2-3-14(11)18)24-13-5-8-25(9-6-13)28(26,27)16(19,20)21;/h2-3,10,13H,4-9H2,1H3,(H2,22,23,24);1H. The first kappa shape index (κ1) is 25.8. The summed E-state index contributed by atoms with van der Waals surface area (Å²) in [6.45, 7) is -0.267. The van der Waals surface area contributed by atoms with Crippen molar-refractivity contribution in [3.8, 4) is 0 Å². The molecule has 0 amide bonds. The SMILES string of the molecule is CN=C(NCCc1cc(F)ccc1F)NC1CCN(S(=O)(=O)C(F)(F)F)CC1.I. The van der Waals surface area contributed by atoms with Crippen LogP contribution in [0.2, 0.25) is 0 Å².